The van der Waals surface area contributed by atoms with Crippen LogP contribution >= 0.6 is 0 Å². The number of nitrogens with zero attached hydrogens (tertiary/aromatic N) is 4. The number of amides is 2. The summed E-state index contributed by atoms with van der Waals surface area (Å²) in [6.45, 7) is 7.31. The maximum atomic E-state index is 13.0. The van der Waals surface area contributed by atoms with Gasteiger partial charge in [-0.15, -0.1) is 0 Å². The van der Waals surface area contributed by atoms with E-state index in [1.807, 2.05) is 32.7 Å². The van der Waals surface area contributed by atoms with Gasteiger partial charge in [0, 0.05) is 26.1 Å². The fourth-order valence-electron chi connectivity index (χ4n) is 3.89. The Morgan fingerprint density at radius 2 is 1.81 bits per heavy atom. The van der Waals surface area contributed by atoms with Crippen molar-refractivity contribution in [2.75, 3.05) is 13.1 Å². The van der Waals surface area contributed by atoms with Gasteiger partial charge < -0.3 is 9.80 Å². The SMILES string of the molecule is CC(C)CC(=O)N1CCn2nc(C(=O)N3CCc4ccccc4C3)cc2C1. The molecule has 0 radical (unpaired) electrons. The van der Waals surface area contributed by atoms with Gasteiger partial charge in [-0.2, -0.15) is 5.10 Å². The van der Waals surface area contributed by atoms with Gasteiger partial charge in [0.25, 0.3) is 5.91 Å². The van der Waals surface area contributed by atoms with E-state index >= 15 is 0 Å². The Balaban J connectivity index is 1.47. The zero-order valence-corrected chi connectivity index (χ0v) is 16.0. The van der Waals surface area contributed by atoms with Crippen molar-refractivity contribution < 1.29 is 9.59 Å². The van der Waals surface area contributed by atoms with Gasteiger partial charge in [-0.25, -0.2) is 0 Å². The number of carbonyl (C=O) groups excluding carboxylic acids is 2. The lowest BCUT2D eigenvalue weighted by molar-refractivity contribution is -0.133. The smallest absolute Gasteiger partial charge is 0.274 e. The topological polar surface area (TPSA) is 58.4 Å². The number of aromatic nitrogens is 2. The highest BCUT2D eigenvalue weighted by molar-refractivity contribution is 5.92. The number of carbonyl (C=O) groups is 2. The first-order valence-corrected chi connectivity index (χ1v) is 9.72. The Morgan fingerprint density at radius 3 is 2.59 bits per heavy atom. The summed E-state index contributed by atoms with van der Waals surface area (Å²) in [5, 5.41) is 4.52. The standard InChI is InChI=1S/C21H26N4O2/c1-15(2)11-20(26)23-9-10-25-18(14-23)12-19(22-25)21(27)24-8-7-16-5-3-4-6-17(16)13-24/h3-6,12,15H,7-11,13-14H2,1-2H3. The summed E-state index contributed by atoms with van der Waals surface area (Å²) in [6.07, 6.45) is 1.44. The van der Waals surface area contributed by atoms with Crippen LogP contribution in [0.2, 0.25) is 0 Å². The third-order valence-electron chi connectivity index (χ3n) is 5.37. The number of benzene rings is 1. The third-order valence-corrected chi connectivity index (χ3v) is 5.37. The van der Waals surface area contributed by atoms with Crippen molar-refractivity contribution in [1.29, 1.82) is 0 Å². The zero-order chi connectivity index (χ0) is 19.0. The molecule has 142 valence electrons. The minimum absolute atomic E-state index is 0.0218. The predicted octanol–water partition coefficient (Wildman–Crippen LogP) is 2.47. The molecule has 1 aromatic heterocycles. The van der Waals surface area contributed by atoms with E-state index in [0.717, 1.165) is 18.7 Å². The molecule has 27 heavy (non-hydrogen) atoms. The van der Waals surface area contributed by atoms with Crippen molar-refractivity contribution in [2.24, 2.45) is 5.92 Å². The summed E-state index contributed by atoms with van der Waals surface area (Å²) in [7, 11) is 0. The van der Waals surface area contributed by atoms with Gasteiger partial charge in [0.05, 0.1) is 18.8 Å². The van der Waals surface area contributed by atoms with Crippen LogP contribution in [-0.2, 0) is 30.8 Å². The van der Waals surface area contributed by atoms with Gasteiger partial charge in [-0.05, 0) is 29.5 Å². The molecule has 4 rings (SSSR count). The van der Waals surface area contributed by atoms with Gasteiger partial charge in [0.2, 0.25) is 5.91 Å². The van der Waals surface area contributed by atoms with Gasteiger partial charge in [-0.3, -0.25) is 14.3 Å². The largest absolute Gasteiger partial charge is 0.335 e. The first-order valence-electron chi connectivity index (χ1n) is 9.72. The normalized spacial score (nSPS) is 16.3. The number of hydrogen-bond donors (Lipinski definition) is 0. The van der Waals surface area contributed by atoms with Crippen LogP contribution < -0.4 is 0 Å². The Hall–Kier alpha value is -2.63. The van der Waals surface area contributed by atoms with Crippen molar-refractivity contribution in [1.82, 2.24) is 19.6 Å². The van der Waals surface area contributed by atoms with Crippen molar-refractivity contribution >= 4 is 11.8 Å². The molecule has 0 unspecified atom stereocenters. The highest BCUT2D eigenvalue weighted by Gasteiger charge is 2.27. The van der Waals surface area contributed by atoms with E-state index in [2.05, 4.69) is 31.1 Å². The van der Waals surface area contributed by atoms with Crippen LogP contribution in [-0.4, -0.2) is 44.5 Å². The molecule has 0 saturated carbocycles. The molecule has 6 heteroatoms. The van der Waals surface area contributed by atoms with Crippen LogP contribution in [0.3, 0.4) is 0 Å². The molecule has 2 aromatic rings. The van der Waals surface area contributed by atoms with E-state index in [-0.39, 0.29) is 11.8 Å². The van der Waals surface area contributed by atoms with Crippen molar-refractivity contribution in [3.8, 4) is 0 Å². The summed E-state index contributed by atoms with van der Waals surface area (Å²) in [6, 6.07) is 10.1. The van der Waals surface area contributed by atoms with E-state index in [9.17, 15) is 9.59 Å². The molecule has 0 N–H and O–H groups in total. The van der Waals surface area contributed by atoms with Crippen LogP contribution in [0.15, 0.2) is 30.3 Å². The molecule has 2 aliphatic heterocycles. The second-order valence-corrected chi connectivity index (χ2v) is 7.90. The van der Waals surface area contributed by atoms with Gasteiger partial charge in [0.1, 0.15) is 0 Å². The van der Waals surface area contributed by atoms with Gasteiger partial charge in [-0.1, -0.05) is 38.1 Å². The van der Waals surface area contributed by atoms with Crippen LogP contribution in [0.5, 0.6) is 0 Å². The lowest BCUT2D eigenvalue weighted by Crippen LogP contribution is -2.38. The summed E-state index contributed by atoms with van der Waals surface area (Å²) in [5.41, 5.74) is 3.97. The molecule has 0 saturated heterocycles. The molecule has 0 fully saturated rings. The summed E-state index contributed by atoms with van der Waals surface area (Å²) in [4.78, 5) is 29.1. The average molecular weight is 366 g/mol. The Bertz CT molecular complexity index is 871. The monoisotopic (exact) mass is 366 g/mol. The molecule has 3 heterocycles. The fraction of sp³-hybridized carbons (Fsp3) is 0.476. The molecule has 0 spiro atoms. The minimum atomic E-state index is -0.0218. The molecule has 0 atom stereocenters. The van der Waals surface area contributed by atoms with E-state index in [0.29, 0.717) is 44.2 Å². The third kappa shape index (κ3) is 3.61. The summed E-state index contributed by atoms with van der Waals surface area (Å²) >= 11 is 0. The van der Waals surface area contributed by atoms with Crippen LogP contribution in [0, 0.1) is 5.92 Å². The molecule has 0 bridgehead atoms. The molecule has 2 aliphatic rings. The van der Waals surface area contributed by atoms with Gasteiger partial charge >= 0.3 is 0 Å². The minimum Gasteiger partial charge on any atom is -0.335 e. The summed E-state index contributed by atoms with van der Waals surface area (Å²) in [5.74, 6) is 0.507. The van der Waals surface area contributed by atoms with Crippen LogP contribution in [0.25, 0.3) is 0 Å². The molecule has 2 amide bonds. The van der Waals surface area contributed by atoms with Gasteiger partial charge in [0.15, 0.2) is 5.69 Å². The van der Waals surface area contributed by atoms with E-state index < -0.39 is 0 Å². The van der Waals surface area contributed by atoms with Crippen LogP contribution in [0.4, 0.5) is 0 Å². The first kappa shape index (κ1) is 17.8. The van der Waals surface area contributed by atoms with Crippen molar-refractivity contribution in [3.05, 3.63) is 52.8 Å². The second kappa shape index (κ2) is 7.18. The van der Waals surface area contributed by atoms with Crippen molar-refractivity contribution in [2.45, 2.75) is 46.3 Å². The highest BCUT2D eigenvalue weighted by Crippen LogP contribution is 2.22. The van der Waals surface area contributed by atoms with E-state index in [1.165, 1.54) is 11.1 Å². The average Bonchev–Trinajstić information content (AvgIpc) is 3.09. The Morgan fingerprint density at radius 1 is 1.04 bits per heavy atom. The lowest BCUT2D eigenvalue weighted by atomic mass is 10.00. The maximum absolute atomic E-state index is 13.0. The highest BCUT2D eigenvalue weighted by atomic mass is 16.2. The quantitative estimate of drug-likeness (QED) is 0.838. The van der Waals surface area contributed by atoms with E-state index in [1.54, 1.807) is 0 Å². The Labute approximate surface area is 159 Å². The van der Waals surface area contributed by atoms with E-state index in [4.69, 9.17) is 0 Å². The molecular formula is C21H26N4O2. The molecule has 6 nitrogen and oxygen atoms in total. The first-order chi connectivity index (χ1) is 13.0. The molecule has 1 aromatic carbocycles. The maximum Gasteiger partial charge on any atom is 0.274 e. The zero-order valence-electron chi connectivity index (χ0n) is 16.0. The fourth-order valence-corrected chi connectivity index (χ4v) is 3.89. The van der Waals surface area contributed by atoms with Crippen LogP contribution in [0.1, 0.15) is 47.6 Å². The van der Waals surface area contributed by atoms with Crippen molar-refractivity contribution in [3.63, 3.8) is 0 Å². The molecule has 0 aliphatic carbocycles. The lowest BCUT2D eigenvalue weighted by Gasteiger charge is -2.28. The molecular weight excluding hydrogens is 340 g/mol. The predicted molar refractivity (Wildman–Crippen MR) is 102 cm³/mol. The second-order valence-electron chi connectivity index (χ2n) is 7.90. The number of rotatable bonds is 3. The summed E-state index contributed by atoms with van der Waals surface area (Å²) < 4.78 is 1.88. The Kier molecular flexibility index (Phi) is 4.72. The number of hydrogen-bond acceptors (Lipinski definition) is 3. The number of fused-ring (bicyclic) bond motifs is 2.